The lowest BCUT2D eigenvalue weighted by Crippen LogP contribution is -2.50. The summed E-state index contributed by atoms with van der Waals surface area (Å²) >= 11 is 0. The van der Waals surface area contributed by atoms with E-state index in [9.17, 15) is 9.59 Å². The minimum absolute atomic E-state index is 0.0145. The number of fused-ring (bicyclic) bond motifs is 3. The van der Waals surface area contributed by atoms with Gasteiger partial charge in [-0.2, -0.15) is 5.10 Å². The standard InChI is InChI=1S/C28H31N5O2/c34-27(18-8-2-1-3-9-18)31-23-13-7-5-11-20(23)28(35)33-17-15-21-25(24-14-16-29-32-24)30-22-12-6-4-10-19(22)26(21)33/h1-4,6,8-10,12,14,16,20-21,23,25-26,30H,5,7,11,13,15,17H2,(H,29,32)(H,31,34)/t20-,21?,23+,25?,26-/m0/s1. The van der Waals surface area contributed by atoms with E-state index in [0.29, 0.717) is 5.56 Å². The summed E-state index contributed by atoms with van der Waals surface area (Å²) in [5, 5.41) is 14.2. The van der Waals surface area contributed by atoms with Crippen LogP contribution in [0.1, 0.15) is 65.8 Å². The average Bonchev–Trinajstić information content (AvgIpc) is 3.60. The fourth-order valence-electron chi connectivity index (χ4n) is 6.37. The van der Waals surface area contributed by atoms with E-state index in [4.69, 9.17) is 0 Å². The zero-order valence-electron chi connectivity index (χ0n) is 19.7. The van der Waals surface area contributed by atoms with Gasteiger partial charge in [0.25, 0.3) is 5.91 Å². The fourth-order valence-corrected chi connectivity index (χ4v) is 6.37. The van der Waals surface area contributed by atoms with Crippen molar-refractivity contribution in [1.29, 1.82) is 0 Å². The molecular weight excluding hydrogens is 438 g/mol. The molecule has 2 aromatic carbocycles. The number of hydrogen-bond acceptors (Lipinski definition) is 4. The second-order valence-electron chi connectivity index (χ2n) is 9.99. The summed E-state index contributed by atoms with van der Waals surface area (Å²) in [5.41, 5.74) is 3.94. The number of aromatic nitrogens is 2. The van der Waals surface area contributed by atoms with E-state index in [1.165, 1.54) is 5.56 Å². The number of likely N-dealkylation sites (tertiary alicyclic amines) is 1. The maximum atomic E-state index is 14.1. The molecule has 1 aliphatic carbocycles. The molecule has 2 aliphatic heterocycles. The number of aromatic amines is 1. The van der Waals surface area contributed by atoms with Crippen LogP contribution in [0.5, 0.6) is 0 Å². The zero-order valence-corrected chi connectivity index (χ0v) is 19.7. The molecule has 0 bridgehead atoms. The number of nitrogens with one attached hydrogen (secondary N) is 3. The SMILES string of the molecule is O=C(N[C@@H]1CCCC[C@@H]1C(=O)N1CCC2C(c3ccn[nH]3)Nc3ccccc3[C@@H]21)c1ccccc1. The molecule has 6 rings (SSSR count). The van der Waals surface area contributed by atoms with Gasteiger partial charge >= 0.3 is 0 Å². The lowest BCUT2D eigenvalue weighted by atomic mass is 9.80. The Hall–Kier alpha value is -3.61. The Morgan fingerprint density at radius 1 is 0.943 bits per heavy atom. The number of carbonyl (C=O) groups is 2. The summed E-state index contributed by atoms with van der Waals surface area (Å²) in [4.78, 5) is 29.1. The van der Waals surface area contributed by atoms with Gasteiger partial charge in [-0.05, 0) is 49.1 Å². The average molecular weight is 470 g/mol. The molecule has 3 aliphatic rings. The topological polar surface area (TPSA) is 90.1 Å². The van der Waals surface area contributed by atoms with Crippen molar-refractivity contribution in [3.05, 3.63) is 83.7 Å². The fraction of sp³-hybridized carbons (Fsp3) is 0.393. The predicted molar refractivity (Wildman–Crippen MR) is 134 cm³/mol. The summed E-state index contributed by atoms with van der Waals surface area (Å²) in [7, 11) is 0. The van der Waals surface area contributed by atoms with Crippen molar-refractivity contribution < 1.29 is 9.59 Å². The molecule has 1 saturated heterocycles. The van der Waals surface area contributed by atoms with Crippen LogP contribution in [0.15, 0.2) is 66.9 Å². The second-order valence-corrected chi connectivity index (χ2v) is 9.99. The quantitative estimate of drug-likeness (QED) is 0.526. The van der Waals surface area contributed by atoms with Crippen molar-refractivity contribution >= 4 is 17.5 Å². The van der Waals surface area contributed by atoms with Gasteiger partial charge in [-0.3, -0.25) is 14.7 Å². The van der Waals surface area contributed by atoms with Crippen LogP contribution in [-0.2, 0) is 4.79 Å². The number of hydrogen-bond donors (Lipinski definition) is 3. The Bertz CT molecular complexity index is 1200. The number of carbonyl (C=O) groups excluding carboxylic acids is 2. The second kappa shape index (κ2) is 9.21. The first-order chi connectivity index (χ1) is 17.2. The molecule has 2 amide bonds. The smallest absolute Gasteiger partial charge is 0.251 e. The van der Waals surface area contributed by atoms with E-state index in [1.807, 2.05) is 42.5 Å². The number of anilines is 1. The molecule has 3 heterocycles. The van der Waals surface area contributed by atoms with Crippen LogP contribution in [0.25, 0.3) is 0 Å². The Balaban J connectivity index is 1.27. The number of rotatable bonds is 4. The summed E-state index contributed by atoms with van der Waals surface area (Å²) in [5.74, 6) is 0.148. The molecule has 2 fully saturated rings. The first-order valence-electron chi connectivity index (χ1n) is 12.7. The Morgan fingerprint density at radius 2 is 1.74 bits per heavy atom. The van der Waals surface area contributed by atoms with Crippen molar-refractivity contribution in [2.24, 2.45) is 11.8 Å². The van der Waals surface area contributed by atoms with E-state index in [2.05, 4.69) is 43.9 Å². The van der Waals surface area contributed by atoms with Crippen molar-refractivity contribution in [3.63, 3.8) is 0 Å². The van der Waals surface area contributed by atoms with Crippen LogP contribution in [0, 0.1) is 11.8 Å². The highest BCUT2D eigenvalue weighted by atomic mass is 16.2. The van der Waals surface area contributed by atoms with Crippen LogP contribution in [0.4, 0.5) is 5.69 Å². The van der Waals surface area contributed by atoms with Gasteiger partial charge in [-0.1, -0.05) is 49.2 Å². The Kier molecular flexibility index (Phi) is 5.76. The van der Waals surface area contributed by atoms with E-state index in [0.717, 1.165) is 50.0 Å². The third kappa shape index (κ3) is 3.99. The molecule has 7 heteroatoms. The molecule has 0 radical (unpaired) electrons. The first-order valence-corrected chi connectivity index (χ1v) is 12.7. The number of H-pyrrole nitrogens is 1. The third-order valence-corrected chi connectivity index (χ3v) is 8.04. The van der Waals surface area contributed by atoms with Crippen molar-refractivity contribution in [2.45, 2.75) is 50.2 Å². The molecule has 5 atom stereocenters. The lowest BCUT2D eigenvalue weighted by molar-refractivity contribution is -0.138. The van der Waals surface area contributed by atoms with Crippen molar-refractivity contribution in [3.8, 4) is 0 Å². The minimum Gasteiger partial charge on any atom is -0.376 e. The molecule has 0 spiro atoms. The summed E-state index contributed by atoms with van der Waals surface area (Å²) in [6.45, 7) is 0.727. The normalized spacial score (nSPS) is 27.4. The molecule has 1 aromatic heterocycles. The molecule has 35 heavy (non-hydrogen) atoms. The van der Waals surface area contributed by atoms with E-state index >= 15 is 0 Å². The summed E-state index contributed by atoms with van der Waals surface area (Å²) in [6, 6.07) is 19.6. The maximum Gasteiger partial charge on any atom is 0.251 e. The van der Waals surface area contributed by atoms with Crippen LogP contribution in [0.2, 0.25) is 0 Å². The highest BCUT2D eigenvalue weighted by Crippen LogP contribution is 2.51. The maximum absolute atomic E-state index is 14.1. The highest BCUT2D eigenvalue weighted by molar-refractivity contribution is 5.94. The highest BCUT2D eigenvalue weighted by Gasteiger charge is 2.48. The first kappa shape index (κ1) is 21.9. The Morgan fingerprint density at radius 3 is 2.57 bits per heavy atom. The molecule has 3 N–H and O–H groups in total. The number of benzene rings is 2. The van der Waals surface area contributed by atoms with Crippen LogP contribution >= 0.6 is 0 Å². The van der Waals surface area contributed by atoms with Crippen LogP contribution in [0.3, 0.4) is 0 Å². The lowest BCUT2D eigenvalue weighted by Gasteiger charge is -2.41. The van der Waals surface area contributed by atoms with E-state index < -0.39 is 0 Å². The van der Waals surface area contributed by atoms with Crippen LogP contribution < -0.4 is 10.6 Å². The van der Waals surface area contributed by atoms with Gasteiger partial charge in [0, 0.05) is 36.0 Å². The van der Waals surface area contributed by atoms with Crippen LogP contribution in [-0.4, -0.2) is 39.5 Å². The zero-order chi connectivity index (χ0) is 23.8. The number of para-hydroxylation sites is 1. The molecule has 1 saturated carbocycles. The van der Waals surface area contributed by atoms with Gasteiger partial charge < -0.3 is 15.5 Å². The van der Waals surface area contributed by atoms with E-state index in [-0.39, 0.29) is 41.8 Å². The van der Waals surface area contributed by atoms with Gasteiger partial charge in [-0.25, -0.2) is 0 Å². The van der Waals surface area contributed by atoms with Gasteiger partial charge in [0.15, 0.2) is 0 Å². The van der Waals surface area contributed by atoms with Gasteiger partial charge in [0.2, 0.25) is 5.91 Å². The molecule has 7 nitrogen and oxygen atoms in total. The molecular formula is C28H31N5O2. The van der Waals surface area contributed by atoms with Crippen molar-refractivity contribution in [1.82, 2.24) is 20.4 Å². The monoisotopic (exact) mass is 469 g/mol. The summed E-state index contributed by atoms with van der Waals surface area (Å²) in [6.07, 6.45) is 6.42. The van der Waals surface area contributed by atoms with Gasteiger partial charge in [0.05, 0.1) is 23.7 Å². The van der Waals surface area contributed by atoms with E-state index in [1.54, 1.807) is 6.20 Å². The summed E-state index contributed by atoms with van der Waals surface area (Å²) < 4.78 is 0. The Labute approximate surface area is 205 Å². The predicted octanol–water partition coefficient (Wildman–Crippen LogP) is 4.45. The van der Waals surface area contributed by atoms with Gasteiger partial charge in [0.1, 0.15) is 0 Å². The molecule has 2 unspecified atom stereocenters. The molecule has 180 valence electrons. The largest absolute Gasteiger partial charge is 0.376 e. The number of nitrogens with zero attached hydrogens (tertiary/aromatic N) is 2. The number of amides is 2. The molecule has 3 aromatic rings. The van der Waals surface area contributed by atoms with Crippen molar-refractivity contribution in [2.75, 3.05) is 11.9 Å². The third-order valence-electron chi connectivity index (χ3n) is 8.04. The van der Waals surface area contributed by atoms with Gasteiger partial charge in [-0.15, -0.1) is 0 Å². The minimum atomic E-state index is -0.192.